The summed E-state index contributed by atoms with van der Waals surface area (Å²) in [6.45, 7) is 1.08. The number of aromatic nitrogens is 1. The number of carbonyl (C=O) groups excluding carboxylic acids is 1. The van der Waals surface area contributed by atoms with E-state index < -0.39 is 5.82 Å². The van der Waals surface area contributed by atoms with Crippen LogP contribution in [-0.4, -0.2) is 47.2 Å². The number of allylic oxidation sites excluding steroid dienone is 2. The van der Waals surface area contributed by atoms with E-state index in [1.807, 2.05) is 4.90 Å². The highest BCUT2D eigenvalue weighted by Gasteiger charge is 2.48. The van der Waals surface area contributed by atoms with E-state index in [0.29, 0.717) is 13.2 Å². The normalized spacial score (nSPS) is 29.7. The molecule has 2 saturated heterocycles. The van der Waals surface area contributed by atoms with Crippen LogP contribution in [0.4, 0.5) is 4.39 Å². The van der Waals surface area contributed by atoms with Gasteiger partial charge in [0.25, 0.3) is 5.88 Å². The first-order chi connectivity index (χ1) is 11.7. The van der Waals surface area contributed by atoms with Crippen molar-refractivity contribution in [1.29, 1.82) is 0 Å². The van der Waals surface area contributed by atoms with E-state index in [1.54, 1.807) is 0 Å². The summed E-state index contributed by atoms with van der Waals surface area (Å²) in [5.41, 5.74) is 0. The number of ether oxygens (including phenoxy) is 2. The van der Waals surface area contributed by atoms with Gasteiger partial charge in [-0.25, -0.2) is 9.37 Å². The molecule has 1 aromatic heterocycles. The van der Waals surface area contributed by atoms with Gasteiger partial charge in [-0.1, -0.05) is 12.2 Å². The molecule has 4 rings (SSSR count). The minimum Gasteiger partial charge on any atom is -0.468 e. The van der Waals surface area contributed by atoms with E-state index in [4.69, 9.17) is 9.47 Å². The molecule has 0 unspecified atom stereocenters. The second-order valence-electron chi connectivity index (χ2n) is 6.62. The quantitative estimate of drug-likeness (QED) is 0.797. The number of likely N-dealkylation sites (tertiary alicyclic amines) is 1. The zero-order valence-electron chi connectivity index (χ0n) is 13.4. The molecular weight excluding hydrogens is 311 g/mol. The Labute approximate surface area is 140 Å². The first-order valence-electron chi connectivity index (χ1n) is 8.58. The SMILES string of the molecule is O=C(C1CC=CC1)N1C[C@H](Oc2ncccc2F)[C@H]2OCCC[C@H]21. The third-order valence-corrected chi connectivity index (χ3v) is 5.11. The standard InChI is InChI=1S/C18H21FN2O3/c19-13-7-3-9-20-17(13)24-15-11-21(14-8-4-10-23-16(14)15)18(22)12-5-1-2-6-12/h1-3,7,9,12,14-16H,4-6,8,10-11H2/t14-,15+,16+/m1/s1. The van der Waals surface area contributed by atoms with Crippen molar-refractivity contribution in [2.24, 2.45) is 5.92 Å². The zero-order valence-corrected chi connectivity index (χ0v) is 13.4. The summed E-state index contributed by atoms with van der Waals surface area (Å²) in [4.78, 5) is 18.7. The number of pyridine rings is 1. The van der Waals surface area contributed by atoms with Crippen molar-refractivity contribution < 1.29 is 18.7 Å². The lowest BCUT2D eigenvalue weighted by Crippen LogP contribution is -2.45. The van der Waals surface area contributed by atoms with Gasteiger partial charge in [0, 0.05) is 18.7 Å². The van der Waals surface area contributed by atoms with Crippen LogP contribution in [0.5, 0.6) is 5.88 Å². The maximum atomic E-state index is 13.9. The van der Waals surface area contributed by atoms with Crippen molar-refractivity contribution in [2.45, 2.75) is 43.9 Å². The Balaban J connectivity index is 1.53. The highest BCUT2D eigenvalue weighted by atomic mass is 19.1. The molecule has 3 heterocycles. The third kappa shape index (κ3) is 2.79. The first kappa shape index (κ1) is 15.6. The fraction of sp³-hybridized carbons (Fsp3) is 0.556. The molecule has 6 heteroatoms. The smallest absolute Gasteiger partial charge is 0.250 e. The van der Waals surface area contributed by atoms with Crippen LogP contribution in [0.2, 0.25) is 0 Å². The highest BCUT2D eigenvalue weighted by Crippen LogP contribution is 2.34. The van der Waals surface area contributed by atoms with E-state index in [1.165, 1.54) is 18.3 Å². The summed E-state index contributed by atoms with van der Waals surface area (Å²) in [6.07, 6.45) is 8.47. The van der Waals surface area contributed by atoms with Crippen molar-refractivity contribution in [2.75, 3.05) is 13.2 Å². The van der Waals surface area contributed by atoms with Gasteiger partial charge in [0.1, 0.15) is 12.2 Å². The lowest BCUT2D eigenvalue weighted by molar-refractivity contribution is -0.138. The Kier molecular flexibility index (Phi) is 4.22. The molecule has 2 aliphatic heterocycles. The van der Waals surface area contributed by atoms with Crippen molar-refractivity contribution in [3.8, 4) is 5.88 Å². The van der Waals surface area contributed by atoms with Crippen molar-refractivity contribution in [1.82, 2.24) is 9.88 Å². The average Bonchev–Trinajstić information content (AvgIpc) is 3.25. The Hall–Kier alpha value is -1.95. The maximum absolute atomic E-state index is 13.9. The van der Waals surface area contributed by atoms with Crippen LogP contribution in [-0.2, 0) is 9.53 Å². The van der Waals surface area contributed by atoms with Crippen LogP contribution >= 0.6 is 0 Å². The van der Waals surface area contributed by atoms with Gasteiger partial charge in [0.15, 0.2) is 5.82 Å². The summed E-state index contributed by atoms with van der Waals surface area (Å²) in [6, 6.07) is 2.87. The van der Waals surface area contributed by atoms with Gasteiger partial charge in [0.2, 0.25) is 5.91 Å². The molecule has 2 fully saturated rings. The fourth-order valence-corrected chi connectivity index (χ4v) is 3.92. The largest absolute Gasteiger partial charge is 0.468 e. The molecule has 0 saturated carbocycles. The number of rotatable bonds is 3. The molecule has 1 amide bonds. The predicted octanol–water partition coefficient (Wildman–Crippen LogP) is 2.32. The summed E-state index contributed by atoms with van der Waals surface area (Å²) >= 11 is 0. The Morgan fingerprint density at radius 1 is 1.38 bits per heavy atom. The number of nitrogens with zero attached hydrogens (tertiary/aromatic N) is 2. The molecule has 24 heavy (non-hydrogen) atoms. The molecule has 128 valence electrons. The van der Waals surface area contributed by atoms with E-state index in [0.717, 1.165) is 25.7 Å². The third-order valence-electron chi connectivity index (χ3n) is 5.11. The topological polar surface area (TPSA) is 51.7 Å². The average molecular weight is 332 g/mol. The minimum absolute atomic E-state index is 0.0172. The van der Waals surface area contributed by atoms with Gasteiger partial charge in [-0.2, -0.15) is 0 Å². The Bertz CT molecular complexity index is 643. The maximum Gasteiger partial charge on any atom is 0.250 e. The number of fused-ring (bicyclic) bond motifs is 1. The van der Waals surface area contributed by atoms with Crippen LogP contribution < -0.4 is 4.74 Å². The predicted molar refractivity (Wildman–Crippen MR) is 85.0 cm³/mol. The number of amides is 1. The van der Waals surface area contributed by atoms with Crippen LogP contribution in [0.25, 0.3) is 0 Å². The van der Waals surface area contributed by atoms with E-state index in [9.17, 15) is 9.18 Å². The Morgan fingerprint density at radius 2 is 2.21 bits per heavy atom. The number of halogens is 1. The van der Waals surface area contributed by atoms with Gasteiger partial charge in [-0.15, -0.1) is 0 Å². The van der Waals surface area contributed by atoms with Crippen LogP contribution in [0, 0.1) is 11.7 Å². The fourth-order valence-electron chi connectivity index (χ4n) is 3.92. The number of hydrogen-bond donors (Lipinski definition) is 0. The molecule has 3 aliphatic rings. The van der Waals surface area contributed by atoms with Gasteiger partial charge in [-0.3, -0.25) is 4.79 Å². The molecule has 0 spiro atoms. The highest BCUT2D eigenvalue weighted by molar-refractivity contribution is 5.80. The molecule has 0 aromatic carbocycles. The summed E-state index contributed by atoms with van der Waals surface area (Å²) in [5, 5.41) is 0. The van der Waals surface area contributed by atoms with Crippen molar-refractivity contribution in [3.05, 3.63) is 36.3 Å². The summed E-state index contributed by atoms with van der Waals surface area (Å²) < 4.78 is 25.5. The molecule has 0 bridgehead atoms. The second-order valence-corrected chi connectivity index (χ2v) is 6.62. The molecule has 0 N–H and O–H groups in total. The number of carbonyl (C=O) groups is 1. The molecule has 1 aromatic rings. The number of hydrogen-bond acceptors (Lipinski definition) is 4. The Morgan fingerprint density at radius 3 is 3.00 bits per heavy atom. The van der Waals surface area contributed by atoms with Gasteiger partial charge < -0.3 is 14.4 Å². The van der Waals surface area contributed by atoms with Gasteiger partial charge in [-0.05, 0) is 37.8 Å². The molecule has 0 radical (unpaired) electrons. The molecule has 5 nitrogen and oxygen atoms in total. The minimum atomic E-state index is -0.491. The molecule has 3 atom stereocenters. The zero-order chi connectivity index (χ0) is 16.5. The van der Waals surface area contributed by atoms with Crippen LogP contribution in [0.15, 0.2) is 30.5 Å². The van der Waals surface area contributed by atoms with E-state index >= 15 is 0 Å². The monoisotopic (exact) mass is 332 g/mol. The van der Waals surface area contributed by atoms with Crippen molar-refractivity contribution >= 4 is 5.91 Å². The lowest BCUT2D eigenvalue weighted by atomic mass is 10.0. The van der Waals surface area contributed by atoms with Crippen molar-refractivity contribution in [3.63, 3.8) is 0 Å². The van der Waals surface area contributed by atoms with Gasteiger partial charge in [0.05, 0.1) is 12.6 Å². The van der Waals surface area contributed by atoms with E-state index in [2.05, 4.69) is 17.1 Å². The molecule has 1 aliphatic carbocycles. The second kappa shape index (κ2) is 6.51. The summed E-state index contributed by atoms with van der Waals surface area (Å²) in [5.74, 6) is -0.326. The van der Waals surface area contributed by atoms with Crippen LogP contribution in [0.3, 0.4) is 0 Å². The summed E-state index contributed by atoms with van der Waals surface area (Å²) in [7, 11) is 0. The van der Waals surface area contributed by atoms with Gasteiger partial charge >= 0.3 is 0 Å². The van der Waals surface area contributed by atoms with Crippen LogP contribution in [0.1, 0.15) is 25.7 Å². The first-order valence-corrected chi connectivity index (χ1v) is 8.58. The lowest BCUT2D eigenvalue weighted by Gasteiger charge is -2.33. The van der Waals surface area contributed by atoms with E-state index in [-0.39, 0.29) is 36.0 Å². The molecular formula is C18H21FN2O3.